The molecule has 1 aliphatic heterocycles. The third kappa shape index (κ3) is 4.39. The summed E-state index contributed by atoms with van der Waals surface area (Å²) in [6, 6.07) is 16.7. The van der Waals surface area contributed by atoms with Crippen LogP contribution < -0.4 is 0 Å². The quantitative estimate of drug-likeness (QED) is 0.458. The predicted molar refractivity (Wildman–Crippen MR) is 128 cm³/mol. The van der Waals surface area contributed by atoms with Gasteiger partial charge in [0.1, 0.15) is 0 Å². The van der Waals surface area contributed by atoms with Crippen LogP contribution in [0, 0.1) is 11.3 Å². The highest BCUT2D eigenvalue weighted by molar-refractivity contribution is 5.94. The maximum Gasteiger partial charge on any atom is 0.253 e. The number of carbonyl (C=O) groups excluding carboxylic acids is 1. The van der Waals surface area contributed by atoms with Crippen molar-refractivity contribution in [3.05, 3.63) is 96.3 Å². The molecular formula is C27H22N6O. The molecule has 1 aliphatic rings. The number of aromatic nitrogens is 4. The molecule has 0 N–H and O–H groups in total. The van der Waals surface area contributed by atoms with Gasteiger partial charge in [-0.15, -0.1) is 0 Å². The number of nitrogens with zero attached hydrogens (tertiary/aromatic N) is 6. The lowest BCUT2D eigenvalue weighted by atomic mass is 9.88. The minimum Gasteiger partial charge on any atom is -0.339 e. The zero-order chi connectivity index (χ0) is 23.3. The van der Waals surface area contributed by atoms with Crippen LogP contribution in [0.1, 0.15) is 40.4 Å². The molecule has 1 aromatic carbocycles. The zero-order valence-corrected chi connectivity index (χ0v) is 18.5. The van der Waals surface area contributed by atoms with Crippen LogP contribution >= 0.6 is 0 Å². The Morgan fingerprint density at radius 2 is 1.50 bits per heavy atom. The minimum absolute atomic E-state index is 0.00235. The van der Waals surface area contributed by atoms with Crippen LogP contribution in [0.15, 0.2) is 79.5 Å². The van der Waals surface area contributed by atoms with Gasteiger partial charge in [0.25, 0.3) is 5.91 Å². The van der Waals surface area contributed by atoms with Gasteiger partial charge in [-0.05, 0) is 66.9 Å². The fourth-order valence-corrected chi connectivity index (χ4v) is 4.33. The molecule has 1 saturated heterocycles. The molecule has 7 heteroatoms. The number of amides is 1. The summed E-state index contributed by atoms with van der Waals surface area (Å²) in [4.78, 5) is 32.7. The first-order valence-corrected chi connectivity index (χ1v) is 11.2. The first kappa shape index (κ1) is 21.4. The van der Waals surface area contributed by atoms with Gasteiger partial charge < -0.3 is 4.90 Å². The number of rotatable bonds is 4. The number of nitriles is 1. The van der Waals surface area contributed by atoms with Crippen LogP contribution in [0.3, 0.4) is 0 Å². The average molecular weight is 447 g/mol. The highest BCUT2D eigenvalue weighted by atomic mass is 16.2. The van der Waals surface area contributed by atoms with Gasteiger partial charge in [-0.3, -0.25) is 14.8 Å². The topological polar surface area (TPSA) is 95.7 Å². The largest absolute Gasteiger partial charge is 0.339 e. The molecule has 166 valence electrons. The van der Waals surface area contributed by atoms with Gasteiger partial charge in [-0.2, -0.15) is 5.26 Å². The molecule has 0 atom stereocenters. The molecule has 0 radical (unpaired) electrons. The van der Waals surface area contributed by atoms with Gasteiger partial charge in [0.2, 0.25) is 0 Å². The number of hydrogen-bond acceptors (Lipinski definition) is 6. The van der Waals surface area contributed by atoms with Gasteiger partial charge in [0.05, 0.1) is 17.3 Å². The lowest BCUT2D eigenvalue weighted by molar-refractivity contribution is 0.0712. The van der Waals surface area contributed by atoms with E-state index in [4.69, 9.17) is 10.2 Å². The van der Waals surface area contributed by atoms with E-state index >= 15 is 0 Å². The Morgan fingerprint density at radius 3 is 2.12 bits per heavy atom. The SMILES string of the molecule is N#Cc1ccc(C(=O)N2CCC(c3nc(-c4ccncc4)ncc3-c3ccncc3)CC2)cc1. The molecule has 34 heavy (non-hydrogen) atoms. The summed E-state index contributed by atoms with van der Waals surface area (Å²) in [6.07, 6.45) is 10.5. The van der Waals surface area contributed by atoms with E-state index in [1.165, 1.54) is 0 Å². The summed E-state index contributed by atoms with van der Waals surface area (Å²) in [7, 11) is 0. The lowest BCUT2D eigenvalue weighted by Gasteiger charge is -2.32. The summed E-state index contributed by atoms with van der Waals surface area (Å²) in [5.74, 6) is 0.875. The number of benzene rings is 1. The Morgan fingerprint density at radius 1 is 0.882 bits per heavy atom. The Labute approximate surface area is 197 Å². The van der Waals surface area contributed by atoms with Gasteiger partial charge >= 0.3 is 0 Å². The van der Waals surface area contributed by atoms with E-state index in [9.17, 15) is 4.79 Å². The highest BCUT2D eigenvalue weighted by Crippen LogP contribution is 2.35. The van der Waals surface area contributed by atoms with Crippen molar-refractivity contribution in [1.82, 2.24) is 24.8 Å². The van der Waals surface area contributed by atoms with Crippen LogP contribution in [-0.4, -0.2) is 43.8 Å². The van der Waals surface area contributed by atoms with E-state index in [1.807, 2.05) is 35.4 Å². The number of hydrogen-bond donors (Lipinski definition) is 0. The lowest BCUT2D eigenvalue weighted by Crippen LogP contribution is -2.38. The smallest absolute Gasteiger partial charge is 0.253 e. The maximum atomic E-state index is 13.0. The predicted octanol–water partition coefficient (Wildman–Crippen LogP) is 4.49. The van der Waals surface area contributed by atoms with Crippen molar-refractivity contribution in [2.45, 2.75) is 18.8 Å². The normalized spacial score (nSPS) is 13.9. The second-order valence-corrected chi connectivity index (χ2v) is 8.22. The molecule has 1 fully saturated rings. The van der Waals surface area contributed by atoms with E-state index in [-0.39, 0.29) is 11.8 Å². The summed E-state index contributed by atoms with van der Waals surface area (Å²) >= 11 is 0. The molecule has 5 rings (SSSR count). The molecule has 0 saturated carbocycles. The minimum atomic E-state index is -0.00235. The standard InChI is InChI=1S/C27H22N6O/c28-17-19-1-3-23(4-2-19)27(34)33-15-9-21(10-16-33)25-24(20-5-11-29-12-6-20)18-31-26(32-25)22-7-13-30-14-8-22/h1-8,11-14,18,21H,9-10,15-16H2. The van der Waals surface area contributed by atoms with E-state index < -0.39 is 0 Å². The molecule has 0 spiro atoms. The van der Waals surface area contributed by atoms with Crippen LogP contribution in [0.25, 0.3) is 22.5 Å². The van der Waals surface area contributed by atoms with Crippen molar-refractivity contribution in [1.29, 1.82) is 5.26 Å². The Bertz CT molecular complexity index is 1330. The summed E-state index contributed by atoms with van der Waals surface area (Å²) < 4.78 is 0. The monoisotopic (exact) mass is 446 g/mol. The number of piperidine rings is 1. The first-order chi connectivity index (χ1) is 16.7. The van der Waals surface area contributed by atoms with Crippen molar-refractivity contribution >= 4 is 5.91 Å². The molecule has 0 bridgehead atoms. The van der Waals surface area contributed by atoms with Crippen molar-refractivity contribution in [3.63, 3.8) is 0 Å². The Hall–Kier alpha value is -4.44. The van der Waals surface area contributed by atoms with Gasteiger partial charge in [0, 0.05) is 66.7 Å². The maximum absolute atomic E-state index is 13.0. The average Bonchev–Trinajstić information content (AvgIpc) is 2.93. The first-order valence-electron chi connectivity index (χ1n) is 11.2. The summed E-state index contributed by atoms with van der Waals surface area (Å²) in [5, 5.41) is 8.99. The summed E-state index contributed by atoms with van der Waals surface area (Å²) in [5.41, 5.74) is 5.11. The highest BCUT2D eigenvalue weighted by Gasteiger charge is 2.28. The van der Waals surface area contributed by atoms with Crippen LogP contribution in [-0.2, 0) is 0 Å². The van der Waals surface area contributed by atoms with Gasteiger partial charge in [0.15, 0.2) is 5.82 Å². The number of likely N-dealkylation sites (tertiary alicyclic amines) is 1. The van der Waals surface area contributed by atoms with E-state index in [0.717, 1.165) is 35.2 Å². The van der Waals surface area contributed by atoms with E-state index in [0.29, 0.717) is 30.0 Å². The third-order valence-electron chi connectivity index (χ3n) is 6.18. The summed E-state index contributed by atoms with van der Waals surface area (Å²) in [6.45, 7) is 1.29. The van der Waals surface area contributed by atoms with Crippen molar-refractivity contribution in [2.75, 3.05) is 13.1 Å². The molecule has 4 aromatic rings. The van der Waals surface area contributed by atoms with E-state index in [1.54, 1.807) is 49.1 Å². The number of pyridine rings is 2. The zero-order valence-electron chi connectivity index (χ0n) is 18.5. The second kappa shape index (κ2) is 9.59. The van der Waals surface area contributed by atoms with Gasteiger partial charge in [-0.25, -0.2) is 9.97 Å². The molecule has 0 unspecified atom stereocenters. The van der Waals surface area contributed by atoms with Crippen molar-refractivity contribution < 1.29 is 4.79 Å². The fourth-order valence-electron chi connectivity index (χ4n) is 4.33. The Balaban J connectivity index is 1.40. The molecule has 7 nitrogen and oxygen atoms in total. The molecule has 0 aliphatic carbocycles. The van der Waals surface area contributed by atoms with E-state index in [2.05, 4.69) is 21.0 Å². The van der Waals surface area contributed by atoms with Crippen LogP contribution in [0.4, 0.5) is 0 Å². The van der Waals surface area contributed by atoms with Gasteiger partial charge in [-0.1, -0.05) is 0 Å². The fraction of sp³-hybridized carbons (Fsp3) is 0.185. The van der Waals surface area contributed by atoms with Crippen LogP contribution in [0.5, 0.6) is 0 Å². The van der Waals surface area contributed by atoms with Crippen molar-refractivity contribution in [3.8, 4) is 28.6 Å². The Kier molecular flexibility index (Phi) is 6.04. The van der Waals surface area contributed by atoms with Crippen LogP contribution in [0.2, 0.25) is 0 Å². The number of carbonyl (C=O) groups is 1. The third-order valence-corrected chi connectivity index (χ3v) is 6.18. The molecule has 1 amide bonds. The molecular weight excluding hydrogens is 424 g/mol. The molecule has 4 heterocycles. The second-order valence-electron chi connectivity index (χ2n) is 8.22. The molecule has 3 aromatic heterocycles. The van der Waals surface area contributed by atoms with Crippen molar-refractivity contribution in [2.24, 2.45) is 0 Å².